The molecule has 0 radical (unpaired) electrons. The van der Waals surface area contributed by atoms with Crippen molar-refractivity contribution >= 4 is 5.82 Å². The smallest absolute Gasteiger partial charge is 0.351 e. The number of benzene rings is 3. The summed E-state index contributed by atoms with van der Waals surface area (Å²) in [6.45, 7) is 5.87. The Kier molecular flexibility index (Phi) is 8.17. The number of anilines is 1. The second-order valence-corrected chi connectivity index (χ2v) is 11.4. The van der Waals surface area contributed by atoms with Crippen LogP contribution in [-0.2, 0) is 31.0 Å². The first kappa shape index (κ1) is 29.2. The van der Waals surface area contributed by atoms with E-state index in [4.69, 9.17) is 18.9 Å². The van der Waals surface area contributed by atoms with E-state index in [9.17, 15) is 10.0 Å². The Labute approximate surface area is 251 Å². The van der Waals surface area contributed by atoms with Crippen LogP contribution in [0.3, 0.4) is 0 Å². The molecular formula is C34H37N3O6. The fourth-order valence-corrected chi connectivity index (χ4v) is 6.23. The number of aryl methyl sites for hydroxylation is 1. The van der Waals surface area contributed by atoms with E-state index in [-0.39, 0.29) is 12.4 Å². The third kappa shape index (κ3) is 5.50. The first-order valence-electron chi connectivity index (χ1n) is 14.7. The number of fused-ring (bicyclic) bond motifs is 1. The summed E-state index contributed by atoms with van der Waals surface area (Å²) in [5.74, 6) is -0.749. The Morgan fingerprint density at radius 1 is 0.907 bits per heavy atom. The molecule has 2 fully saturated rings. The molecule has 0 aliphatic carbocycles. The minimum atomic E-state index is -0.948. The van der Waals surface area contributed by atoms with Gasteiger partial charge in [0.2, 0.25) is 0 Å². The van der Waals surface area contributed by atoms with Crippen molar-refractivity contribution in [2.24, 2.45) is 0 Å². The van der Waals surface area contributed by atoms with Crippen LogP contribution < -0.4 is 11.2 Å². The SMILES string of the molecule is CCCc1cn([C@@H]2O[C@H](COC(c3ccccc3)(c3ccccc3)c3ccccc3)[C@H]3OC(C)(C)O[C@H]32)c(=O)nc1NO. The van der Waals surface area contributed by atoms with Crippen molar-refractivity contribution in [3.05, 3.63) is 130 Å². The first-order valence-corrected chi connectivity index (χ1v) is 14.7. The fraction of sp³-hybridized carbons (Fsp3) is 0.353. The molecule has 6 rings (SSSR count). The molecule has 2 saturated heterocycles. The van der Waals surface area contributed by atoms with Crippen LogP contribution in [-0.4, -0.2) is 45.5 Å². The summed E-state index contributed by atoms with van der Waals surface area (Å²) in [5, 5.41) is 9.56. The highest BCUT2D eigenvalue weighted by molar-refractivity contribution is 5.47. The van der Waals surface area contributed by atoms with Gasteiger partial charge < -0.3 is 18.9 Å². The molecule has 4 aromatic rings. The van der Waals surface area contributed by atoms with Crippen molar-refractivity contribution in [3.8, 4) is 0 Å². The highest BCUT2D eigenvalue weighted by atomic mass is 16.8. The number of hydrogen-bond acceptors (Lipinski definition) is 8. The van der Waals surface area contributed by atoms with Crippen molar-refractivity contribution in [1.82, 2.24) is 9.55 Å². The Morgan fingerprint density at radius 2 is 1.44 bits per heavy atom. The van der Waals surface area contributed by atoms with Gasteiger partial charge in [-0.2, -0.15) is 4.98 Å². The average Bonchev–Trinajstić information content (AvgIpc) is 3.52. The van der Waals surface area contributed by atoms with Gasteiger partial charge in [0.05, 0.1) is 6.61 Å². The molecule has 4 atom stereocenters. The molecule has 3 aromatic carbocycles. The highest BCUT2D eigenvalue weighted by Gasteiger charge is 2.57. The largest absolute Gasteiger partial charge is 0.358 e. The van der Waals surface area contributed by atoms with Gasteiger partial charge in [0.1, 0.15) is 23.9 Å². The van der Waals surface area contributed by atoms with Crippen LogP contribution in [0, 0.1) is 0 Å². The molecule has 0 spiro atoms. The number of nitrogens with zero attached hydrogens (tertiary/aromatic N) is 2. The standard InChI is InChI=1S/C34H37N3O6/c1-4-14-23-21-37(32(38)35-30(23)36-39)31-29-28(42-33(2,3)43-29)27(41-31)22-40-34(24-15-8-5-9-16-24,25-17-10-6-11-18-25)26-19-12-7-13-20-26/h5-13,15-21,27-29,31,39H,4,14,22H2,1-3H3,(H,35,36,38)/t27-,28-,29-,31-/m1/s1. The number of nitrogens with one attached hydrogen (secondary N) is 1. The van der Waals surface area contributed by atoms with Crippen LogP contribution in [0.5, 0.6) is 0 Å². The summed E-state index contributed by atoms with van der Waals surface area (Å²) < 4.78 is 27.7. The van der Waals surface area contributed by atoms with Gasteiger partial charge in [-0.05, 0) is 37.0 Å². The summed E-state index contributed by atoms with van der Waals surface area (Å²) >= 11 is 0. The summed E-state index contributed by atoms with van der Waals surface area (Å²) in [6, 6.07) is 30.4. The van der Waals surface area contributed by atoms with Crippen LogP contribution in [0.15, 0.2) is 102 Å². The molecule has 2 N–H and O–H groups in total. The Bertz CT molecular complexity index is 1480. The van der Waals surface area contributed by atoms with Crippen LogP contribution in [0.2, 0.25) is 0 Å². The molecular weight excluding hydrogens is 546 g/mol. The maximum atomic E-state index is 13.2. The maximum Gasteiger partial charge on any atom is 0.351 e. The van der Waals surface area contributed by atoms with E-state index >= 15 is 0 Å². The van der Waals surface area contributed by atoms with E-state index in [0.29, 0.717) is 12.0 Å². The predicted molar refractivity (Wildman–Crippen MR) is 161 cm³/mol. The lowest BCUT2D eigenvalue weighted by atomic mass is 9.80. The predicted octanol–water partition coefficient (Wildman–Crippen LogP) is 5.42. The van der Waals surface area contributed by atoms with Gasteiger partial charge in [-0.25, -0.2) is 4.79 Å². The van der Waals surface area contributed by atoms with E-state index in [1.54, 1.807) is 6.20 Å². The zero-order valence-corrected chi connectivity index (χ0v) is 24.6. The number of ether oxygens (including phenoxy) is 4. The lowest BCUT2D eigenvalue weighted by molar-refractivity contribution is -0.205. The number of hydrogen-bond donors (Lipinski definition) is 2. The molecule has 2 aliphatic heterocycles. The minimum absolute atomic E-state index is 0.139. The monoisotopic (exact) mass is 583 g/mol. The van der Waals surface area contributed by atoms with Crippen molar-refractivity contribution in [2.75, 3.05) is 12.1 Å². The third-order valence-corrected chi connectivity index (χ3v) is 8.06. The van der Waals surface area contributed by atoms with Gasteiger partial charge in [-0.3, -0.25) is 15.3 Å². The van der Waals surface area contributed by atoms with Crippen molar-refractivity contribution in [1.29, 1.82) is 0 Å². The summed E-state index contributed by atoms with van der Waals surface area (Å²) in [7, 11) is 0. The molecule has 43 heavy (non-hydrogen) atoms. The first-order chi connectivity index (χ1) is 20.9. The lowest BCUT2D eigenvalue weighted by Crippen LogP contribution is -2.39. The lowest BCUT2D eigenvalue weighted by Gasteiger charge is -2.37. The Morgan fingerprint density at radius 3 is 1.95 bits per heavy atom. The molecule has 0 saturated carbocycles. The molecule has 0 unspecified atom stereocenters. The second kappa shape index (κ2) is 12.0. The van der Waals surface area contributed by atoms with Crippen molar-refractivity contribution in [2.45, 2.75) is 69.5 Å². The van der Waals surface area contributed by atoms with Gasteiger partial charge in [-0.15, -0.1) is 0 Å². The van der Waals surface area contributed by atoms with Crippen molar-refractivity contribution < 1.29 is 24.2 Å². The Hall–Kier alpha value is -3.86. The van der Waals surface area contributed by atoms with E-state index < -0.39 is 41.6 Å². The van der Waals surface area contributed by atoms with E-state index in [1.165, 1.54) is 4.57 Å². The van der Waals surface area contributed by atoms with Gasteiger partial charge in [0.15, 0.2) is 17.8 Å². The molecule has 2 aliphatic rings. The molecule has 3 heterocycles. The number of rotatable bonds is 10. The summed E-state index contributed by atoms with van der Waals surface area (Å²) in [5.41, 5.74) is 4.14. The summed E-state index contributed by atoms with van der Waals surface area (Å²) in [4.78, 5) is 17.2. The zero-order valence-electron chi connectivity index (χ0n) is 24.6. The van der Waals surface area contributed by atoms with E-state index in [2.05, 4.69) is 41.4 Å². The van der Waals surface area contributed by atoms with Crippen LogP contribution in [0.25, 0.3) is 0 Å². The summed E-state index contributed by atoms with van der Waals surface area (Å²) in [6.07, 6.45) is 0.643. The van der Waals surface area contributed by atoms with Crippen molar-refractivity contribution in [3.63, 3.8) is 0 Å². The van der Waals surface area contributed by atoms with Gasteiger partial charge in [0, 0.05) is 11.8 Å². The quantitative estimate of drug-likeness (QED) is 0.188. The van der Waals surface area contributed by atoms with E-state index in [0.717, 1.165) is 23.1 Å². The zero-order chi connectivity index (χ0) is 30.0. The maximum absolute atomic E-state index is 13.2. The minimum Gasteiger partial charge on any atom is -0.358 e. The molecule has 9 heteroatoms. The normalized spacial score (nSPS) is 22.8. The van der Waals surface area contributed by atoms with Gasteiger partial charge in [0.25, 0.3) is 0 Å². The topological polar surface area (TPSA) is 104 Å². The average molecular weight is 584 g/mol. The van der Waals surface area contributed by atoms with Gasteiger partial charge >= 0.3 is 5.69 Å². The van der Waals surface area contributed by atoms with Crippen LogP contribution >= 0.6 is 0 Å². The molecule has 1 aromatic heterocycles. The molecule has 9 nitrogen and oxygen atoms in total. The van der Waals surface area contributed by atoms with Gasteiger partial charge in [-0.1, -0.05) is 104 Å². The molecule has 0 bridgehead atoms. The van der Waals surface area contributed by atoms with Crippen LogP contribution in [0.4, 0.5) is 5.82 Å². The van der Waals surface area contributed by atoms with E-state index in [1.807, 2.05) is 80.8 Å². The molecule has 0 amide bonds. The number of aromatic nitrogens is 2. The molecule has 224 valence electrons. The third-order valence-electron chi connectivity index (χ3n) is 8.06. The second-order valence-electron chi connectivity index (χ2n) is 11.4. The highest BCUT2D eigenvalue weighted by Crippen LogP contribution is 2.45. The Balaban J connectivity index is 1.40. The fourth-order valence-electron chi connectivity index (χ4n) is 6.23. The van der Waals surface area contributed by atoms with Crippen LogP contribution in [0.1, 0.15) is 55.7 Å².